The molecule has 1 atom stereocenters. The van der Waals surface area contributed by atoms with E-state index in [9.17, 15) is 10.1 Å². The van der Waals surface area contributed by atoms with Crippen molar-refractivity contribution in [1.29, 1.82) is 0 Å². The van der Waals surface area contributed by atoms with E-state index in [1.54, 1.807) is 6.07 Å². The minimum absolute atomic E-state index is 0.0228. The van der Waals surface area contributed by atoms with E-state index >= 15 is 0 Å². The summed E-state index contributed by atoms with van der Waals surface area (Å²) in [4.78, 5) is 24.6. The van der Waals surface area contributed by atoms with Gasteiger partial charge >= 0.3 is 0 Å². The molecule has 0 aromatic carbocycles. The van der Waals surface area contributed by atoms with Crippen molar-refractivity contribution in [3.05, 3.63) is 45.7 Å². The number of nitrogens with zero attached hydrogens (tertiary/aromatic N) is 4. The first kappa shape index (κ1) is 14.5. The molecule has 1 saturated heterocycles. The Labute approximate surface area is 128 Å². The molecule has 116 valence electrons. The molecule has 0 bridgehead atoms. The van der Waals surface area contributed by atoms with Crippen LogP contribution < -0.4 is 4.90 Å². The van der Waals surface area contributed by atoms with Crippen LogP contribution in [0.25, 0.3) is 0 Å². The lowest BCUT2D eigenvalue weighted by molar-refractivity contribution is -0.385. The van der Waals surface area contributed by atoms with Crippen LogP contribution in [0.2, 0.25) is 0 Å². The molecule has 3 rings (SSSR count). The van der Waals surface area contributed by atoms with Crippen molar-refractivity contribution in [2.75, 3.05) is 18.0 Å². The van der Waals surface area contributed by atoms with Gasteiger partial charge in [-0.1, -0.05) is 0 Å². The van der Waals surface area contributed by atoms with Gasteiger partial charge in [0.1, 0.15) is 17.8 Å². The summed E-state index contributed by atoms with van der Waals surface area (Å²) in [5, 5.41) is 10.7. The van der Waals surface area contributed by atoms with Crippen LogP contribution in [0.4, 0.5) is 11.5 Å². The van der Waals surface area contributed by atoms with Crippen molar-refractivity contribution < 1.29 is 4.92 Å². The second-order valence-corrected chi connectivity index (χ2v) is 5.75. The molecule has 1 aliphatic heterocycles. The van der Waals surface area contributed by atoms with Gasteiger partial charge in [-0.25, -0.2) is 9.97 Å². The topological polar surface area (TPSA) is 87.9 Å². The zero-order chi connectivity index (χ0) is 15.7. The molecule has 0 amide bonds. The third-order valence-electron chi connectivity index (χ3n) is 4.22. The molecule has 3 heterocycles. The van der Waals surface area contributed by atoms with Gasteiger partial charge in [0.05, 0.1) is 10.6 Å². The molecule has 2 aromatic rings. The Bertz CT molecular complexity index is 660. The first-order chi connectivity index (χ1) is 10.5. The minimum Gasteiger partial charge on any atom is -0.356 e. The van der Waals surface area contributed by atoms with Crippen LogP contribution in [0.15, 0.2) is 18.3 Å². The summed E-state index contributed by atoms with van der Waals surface area (Å²) < 4.78 is 0. The third kappa shape index (κ3) is 2.79. The average molecular weight is 301 g/mol. The number of hydrogen-bond donors (Lipinski definition) is 1. The van der Waals surface area contributed by atoms with Crippen LogP contribution in [0.1, 0.15) is 36.0 Å². The minimum atomic E-state index is -0.426. The fourth-order valence-electron chi connectivity index (χ4n) is 2.85. The maximum absolute atomic E-state index is 10.7. The summed E-state index contributed by atoms with van der Waals surface area (Å²) in [6, 6.07) is 3.23. The Hall–Kier alpha value is -2.44. The Morgan fingerprint density at radius 3 is 2.82 bits per heavy atom. The highest BCUT2D eigenvalue weighted by atomic mass is 16.6. The van der Waals surface area contributed by atoms with Crippen molar-refractivity contribution >= 4 is 11.5 Å². The zero-order valence-corrected chi connectivity index (χ0v) is 12.7. The van der Waals surface area contributed by atoms with Gasteiger partial charge in [0.2, 0.25) is 0 Å². The maximum Gasteiger partial charge on any atom is 0.287 e. The molecule has 7 nitrogen and oxygen atoms in total. The lowest BCUT2D eigenvalue weighted by Gasteiger charge is -2.32. The molecule has 22 heavy (non-hydrogen) atoms. The predicted octanol–water partition coefficient (Wildman–Crippen LogP) is 2.71. The Kier molecular flexibility index (Phi) is 3.79. The van der Waals surface area contributed by atoms with E-state index in [-0.39, 0.29) is 5.69 Å². The van der Waals surface area contributed by atoms with E-state index in [1.807, 2.05) is 13.8 Å². The maximum atomic E-state index is 10.7. The number of rotatable bonds is 3. The number of aromatic amines is 1. The Balaban J connectivity index is 1.76. The lowest BCUT2D eigenvalue weighted by Crippen LogP contribution is -2.35. The highest BCUT2D eigenvalue weighted by molar-refractivity contribution is 5.43. The number of anilines is 1. The van der Waals surface area contributed by atoms with E-state index in [1.165, 1.54) is 12.3 Å². The summed E-state index contributed by atoms with van der Waals surface area (Å²) in [5.41, 5.74) is 2.18. The predicted molar refractivity (Wildman–Crippen MR) is 83.1 cm³/mol. The summed E-state index contributed by atoms with van der Waals surface area (Å²) >= 11 is 0. The van der Waals surface area contributed by atoms with Gasteiger partial charge in [-0.2, -0.15) is 0 Å². The molecular weight excluding hydrogens is 282 g/mol. The molecule has 1 unspecified atom stereocenters. The second-order valence-electron chi connectivity index (χ2n) is 5.75. The highest BCUT2D eigenvalue weighted by Gasteiger charge is 2.25. The van der Waals surface area contributed by atoms with Crippen LogP contribution >= 0.6 is 0 Å². The van der Waals surface area contributed by atoms with E-state index in [2.05, 4.69) is 19.9 Å². The SMILES string of the molecule is Cc1nc(C2CCCN(c3ccc([N+](=O)[O-])cn3)C2)[nH]c1C. The first-order valence-electron chi connectivity index (χ1n) is 7.43. The number of H-pyrrole nitrogens is 1. The van der Waals surface area contributed by atoms with E-state index in [0.29, 0.717) is 5.92 Å². The van der Waals surface area contributed by atoms with Crippen molar-refractivity contribution in [3.63, 3.8) is 0 Å². The summed E-state index contributed by atoms with van der Waals surface area (Å²) in [7, 11) is 0. The number of aryl methyl sites for hydroxylation is 2. The van der Waals surface area contributed by atoms with Gasteiger partial charge in [-0.05, 0) is 32.8 Å². The number of nitrogens with one attached hydrogen (secondary N) is 1. The number of hydrogen-bond acceptors (Lipinski definition) is 5. The van der Waals surface area contributed by atoms with Crippen LogP contribution in [0.5, 0.6) is 0 Å². The molecular formula is C15H19N5O2. The Morgan fingerprint density at radius 1 is 1.41 bits per heavy atom. The van der Waals surface area contributed by atoms with Crippen LogP contribution in [-0.4, -0.2) is 33.0 Å². The van der Waals surface area contributed by atoms with Gasteiger partial charge in [0.25, 0.3) is 5.69 Å². The largest absolute Gasteiger partial charge is 0.356 e. The quantitative estimate of drug-likeness (QED) is 0.695. The molecule has 0 aliphatic carbocycles. The van der Waals surface area contributed by atoms with Crippen LogP contribution in [0.3, 0.4) is 0 Å². The van der Waals surface area contributed by atoms with Gasteiger partial charge in [-0.3, -0.25) is 10.1 Å². The van der Waals surface area contributed by atoms with Crippen molar-refractivity contribution in [2.24, 2.45) is 0 Å². The molecule has 2 aromatic heterocycles. The summed E-state index contributed by atoms with van der Waals surface area (Å²) in [5.74, 6) is 2.16. The van der Waals surface area contributed by atoms with Gasteiger partial charge in [0.15, 0.2) is 0 Å². The van der Waals surface area contributed by atoms with Gasteiger partial charge in [-0.15, -0.1) is 0 Å². The number of aromatic nitrogens is 3. The third-order valence-corrected chi connectivity index (χ3v) is 4.22. The van der Waals surface area contributed by atoms with Crippen molar-refractivity contribution in [3.8, 4) is 0 Å². The molecule has 0 spiro atoms. The van der Waals surface area contributed by atoms with E-state index in [0.717, 1.165) is 49.0 Å². The van der Waals surface area contributed by atoms with Gasteiger partial charge in [0, 0.05) is 30.8 Å². The van der Waals surface area contributed by atoms with Crippen LogP contribution in [-0.2, 0) is 0 Å². The standard InChI is InChI=1S/C15H19N5O2/c1-10-11(2)18-15(17-10)12-4-3-7-19(9-12)14-6-5-13(8-16-14)20(21)22/h5-6,8,12H,3-4,7,9H2,1-2H3,(H,17,18). The number of piperidine rings is 1. The second kappa shape index (κ2) is 5.75. The molecule has 1 aliphatic rings. The smallest absolute Gasteiger partial charge is 0.287 e. The summed E-state index contributed by atoms with van der Waals surface area (Å²) in [6.45, 7) is 5.79. The van der Waals surface area contributed by atoms with Crippen molar-refractivity contribution in [2.45, 2.75) is 32.6 Å². The van der Waals surface area contributed by atoms with E-state index < -0.39 is 4.92 Å². The number of pyridine rings is 1. The molecule has 1 fully saturated rings. The van der Waals surface area contributed by atoms with Crippen molar-refractivity contribution in [1.82, 2.24) is 15.0 Å². The fraction of sp³-hybridized carbons (Fsp3) is 0.467. The Morgan fingerprint density at radius 2 is 2.23 bits per heavy atom. The molecule has 0 radical (unpaired) electrons. The number of imidazole rings is 1. The molecule has 7 heteroatoms. The van der Waals surface area contributed by atoms with Crippen LogP contribution in [0, 0.1) is 24.0 Å². The molecule has 1 N–H and O–H groups in total. The van der Waals surface area contributed by atoms with Gasteiger partial charge < -0.3 is 9.88 Å². The molecule has 0 saturated carbocycles. The fourth-order valence-corrected chi connectivity index (χ4v) is 2.85. The number of nitro groups is 1. The van der Waals surface area contributed by atoms with E-state index in [4.69, 9.17) is 0 Å². The highest BCUT2D eigenvalue weighted by Crippen LogP contribution is 2.28. The lowest BCUT2D eigenvalue weighted by atomic mass is 9.97. The normalized spacial score (nSPS) is 18.5. The summed E-state index contributed by atoms with van der Waals surface area (Å²) in [6.07, 6.45) is 3.47. The first-order valence-corrected chi connectivity index (χ1v) is 7.43. The average Bonchev–Trinajstić information content (AvgIpc) is 2.87. The zero-order valence-electron chi connectivity index (χ0n) is 12.7. The monoisotopic (exact) mass is 301 g/mol.